The largest absolute Gasteiger partial charge is 0.497 e. The van der Waals surface area contributed by atoms with E-state index in [0.717, 1.165) is 23.5 Å². The Bertz CT molecular complexity index is 564. The fourth-order valence-corrected chi connectivity index (χ4v) is 2.48. The van der Waals surface area contributed by atoms with Gasteiger partial charge in [-0.15, -0.1) is 11.6 Å². The summed E-state index contributed by atoms with van der Waals surface area (Å²) in [5.74, 6) is 1.53. The highest BCUT2D eigenvalue weighted by Gasteiger charge is 2.15. The van der Waals surface area contributed by atoms with E-state index in [2.05, 4.69) is 31.2 Å². The van der Waals surface area contributed by atoms with Crippen LogP contribution in [0.25, 0.3) is 0 Å². The molecule has 2 aromatic carbocycles. The van der Waals surface area contributed by atoms with Crippen LogP contribution in [0.3, 0.4) is 0 Å². The van der Waals surface area contributed by atoms with Gasteiger partial charge < -0.3 is 9.47 Å². The second-order valence-electron chi connectivity index (χ2n) is 4.77. The molecule has 106 valence electrons. The van der Waals surface area contributed by atoms with Gasteiger partial charge >= 0.3 is 0 Å². The summed E-state index contributed by atoms with van der Waals surface area (Å²) in [7, 11) is 3.28. The molecule has 0 saturated heterocycles. The molecule has 0 radical (unpaired) electrons. The van der Waals surface area contributed by atoms with Gasteiger partial charge in [0.2, 0.25) is 0 Å². The lowest BCUT2D eigenvalue weighted by atomic mass is 10.0. The fourth-order valence-electron chi connectivity index (χ4n) is 2.12. The summed E-state index contributed by atoms with van der Waals surface area (Å²) >= 11 is 6.54. The Morgan fingerprint density at radius 1 is 1.00 bits per heavy atom. The highest BCUT2D eigenvalue weighted by molar-refractivity contribution is 6.21. The SMILES string of the molecule is COc1ccc(C(Cl)Cc2ccc(C)cc2)c(OC)c1. The number of benzene rings is 2. The molecule has 3 heteroatoms. The molecule has 0 N–H and O–H groups in total. The Hall–Kier alpha value is -1.67. The Balaban J connectivity index is 2.20. The van der Waals surface area contributed by atoms with Gasteiger partial charge in [0.25, 0.3) is 0 Å². The minimum absolute atomic E-state index is 0.126. The van der Waals surface area contributed by atoms with E-state index in [1.165, 1.54) is 11.1 Å². The van der Waals surface area contributed by atoms with Gasteiger partial charge in [-0.2, -0.15) is 0 Å². The van der Waals surface area contributed by atoms with Crippen LogP contribution in [0, 0.1) is 6.92 Å². The van der Waals surface area contributed by atoms with Crippen molar-refractivity contribution in [2.45, 2.75) is 18.7 Å². The number of halogens is 1. The second-order valence-corrected chi connectivity index (χ2v) is 5.29. The third-order valence-electron chi connectivity index (χ3n) is 3.31. The Morgan fingerprint density at radius 3 is 2.30 bits per heavy atom. The summed E-state index contributed by atoms with van der Waals surface area (Å²) in [4.78, 5) is 0. The van der Waals surface area contributed by atoms with Crippen LogP contribution in [-0.2, 0) is 6.42 Å². The molecule has 2 nitrogen and oxygen atoms in total. The van der Waals surface area contributed by atoms with Crippen LogP contribution in [0.4, 0.5) is 0 Å². The number of hydrogen-bond acceptors (Lipinski definition) is 2. The second kappa shape index (κ2) is 6.67. The zero-order valence-corrected chi connectivity index (χ0v) is 12.8. The summed E-state index contributed by atoms with van der Waals surface area (Å²) in [6.07, 6.45) is 0.768. The van der Waals surface area contributed by atoms with Gasteiger partial charge in [0, 0.05) is 11.6 Å². The minimum Gasteiger partial charge on any atom is -0.497 e. The highest BCUT2D eigenvalue weighted by atomic mass is 35.5. The Kier molecular flexibility index (Phi) is 4.91. The predicted molar refractivity (Wildman–Crippen MR) is 83.0 cm³/mol. The average Bonchev–Trinajstić information content (AvgIpc) is 2.48. The van der Waals surface area contributed by atoms with Crippen LogP contribution in [0.5, 0.6) is 11.5 Å². The molecule has 2 rings (SSSR count). The lowest BCUT2D eigenvalue weighted by Crippen LogP contribution is -2.00. The van der Waals surface area contributed by atoms with Crippen LogP contribution in [0.1, 0.15) is 22.1 Å². The van der Waals surface area contributed by atoms with Crippen molar-refractivity contribution < 1.29 is 9.47 Å². The van der Waals surface area contributed by atoms with Gasteiger partial charge in [0.15, 0.2) is 0 Å². The van der Waals surface area contributed by atoms with Crippen LogP contribution in [0.15, 0.2) is 42.5 Å². The van der Waals surface area contributed by atoms with Crippen molar-refractivity contribution in [3.05, 3.63) is 59.2 Å². The highest BCUT2D eigenvalue weighted by Crippen LogP contribution is 2.34. The molecule has 1 atom stereocenters. The number of ether oxygens (including phenoxy) is 2. The Morgan fingerprint density at radius 2 is 1.70 bits per heavy atom. The molecular weight excluding hydrogens is 272 g/mol. The van der Waals surface area contributed by atoms with E-state index in [-0.39, 0.29) is 5.38 Å². The molecular formula is C17H19ClO2. The summed E-state index contributed by atoms with van der Waals surface area (Å²) in [6.45, 7) is 2.08. The first kappa shape index (κ1) is 14.7. The minimum atomic E-state index is -0.126. The molecule has 0 aliphatic carbocycles. The molecule has 1 unspecified atom stereocenters. The van der Waals surface area contributed by atoms with Gasteiger partial charge in [0.05, 0.1) is 19.6 Å². The zero-order valence-electron chi connectivity index (χ0n) is 12.0. The van der Waals surface area contributed by atoms with Gasteiger partial charge in [-0.1, -0.05) is 35.9 Å². The van der Waals surface area contributed by atoms with Crippen LogP contribution >= 0.6 is 11.6 Å². The third kappa shape index (κ3) is 3.45. The van der Waals surface area contributed by atoms with Gasteiger partial charge in [-0.05, 0) is 25.0 Å². The van der Waals surface area contributed by atoms with E-state index in [4.69, 9.17) is 21.1 Å². The molecule has 2 aromatic rings. The molecule has 0 spiro atoms. The summed E-state index contributed by atoms with van der Waals surface area (Å²) < 4.78 is 10.6. The quantitative estimate of drug-likeness (QED) is 0.753. The molecule has 0 amide bonds. The van der Waals surface area contributed by atoms with Crippen LogP contribution in [-0.4, -0.2) is 14.2 Å². The van der Waals surface area contributed by atoms with E-state index in [9.17, 15) is 0 Å². The maximum absolute atomic E-state index is 6.54. The first-order chi connectivity index (χ1) is 9.63. The van der Waals surface area contributed by atoms with Gasteiger partial charge in [-0.25, -0.2) is 0 Å². The van der Waals surface area contributed by atoms with E-state index < -0.39 is 0 Å². The van der Waals surface area contributed by atoms with Crippen molar-refractivity contribution in [2.75, 3.05) is 14.2 Å². The lowest BCUT2D eigenvalue weighted by Gasteiger charge is -2.15. The van der Waals surface area contributed by atoms with Crippen molar-refractivity contribution in [3.8, 4) is 11.5 Å². The van der Waals surface area contributed by atoms with E-state index >= 15 is 0 Å². The zero-order chi connectivity index (χ0) is 14.5. The van der Waals surface area contributed by atoms with Crippen molar-refractivity contribution in [1.82, 2.24) is 0 Å². The number of hydrogen-bond donors (Lipinski definition) is 0. The van der Waals surface area contributed by atoms with Crippen molar-refractivity contribution >= 4 is 11.6 Å². The predicted octanol–water partition coefficient (Wildman–Crippen LogP) is 4.53. The molecule has 0 heterocycles. The van der Waals surface area contributed by atoms with Crippen molar-refractivity contribution in [3.63, 3.8) is 0 Å². The van der Waals surface area contributed by atoms with Crippen LogP contribution in [0.2, 0.25) is 0 Å². The van der Waals surface area contributed by atoms with Gasteiger partial charge in [-0.3, -0.25) is 0 Å². The number of aryl methyl sites for hydroxylation is 1. The molecule has 0 aromatic heterocycles. The maximum atomic E-state index is 6.54. The van der Waals surface area contributed by atoms with Crippen LogP contribution < -0.4 is 9.47 Å². The van der Waals surface area contributed by atoms with Crippen molar-refractivity contribution in [1.29, 1.82) is 0 Å². The fraction of sp³-hybridized carbons (Fsp3) is 0.294. The first-order valence-electron chi connectivity index (χ1n) is 6.55. The van der Waals surface area contributed by atoms with Gasteiger partial charge in [0.1, 0.15) is 11.5 Å². The smallest absolute Gasteiger partial charge is 0.127 e. The first-order valence-corrected chi connectivity index (χ1v) is 6.99. The maximum Gasteiger partial charge on any atom is 0.127 e. The molecule has 0 bridgehead atoms. The standard InChI is InChI=1S/C17H19ClO2/c1-12-4-6-13(7-5-12)10-16(18)15-9-8-14(19-2)11-17(15)20-3/h4-9,11,16H,10H2,1-3H3. The molecule has 0 fully saturated rings. The number of alkyl halides is 1. The molecule has 0 saturated carbocycles. The summed E-state index contributed by atoms with van der Waals surface area (Å²) in [6, 6.07) is 14.2. The summed E-state index contributed by atoms with van der Waals surface area (Å²) in [5, 5.41) is -0.126. The van der Waals surface area contributed by atoms with E-state index in [0.29, 0.717) is 0 Å². The van der Waals surface area contributed by atoms with E-state index in [1.54, 1.807) is 14.2 Å². The Labute approximate surface area is 125 Å². The third-order valence-corrected chi connectivity index (χ3v) is 3.70. The molecule has 20 heavy (non-hydrogen) atoms. The lowest BCUT2D eigenvalue weighted by molar-refractivity contribution is 0.390. The van der Waals surface area contributed by atoms with E-state index in [1.807, 2.05) is 18.2 Å². The van der Waals surface area contributed by atoms with Crippen molar-refractivity contribution in [2.24, 2.45) is 0 Å². The molecule has 0 aliphatic rings. The molecule has 0 aliphatic heterocycles. The topological polar surface area (TPSA) is 18.5 Å². The normalized spacial score (nSPS) is 12.0. The average molecular weight is 291 g/mol. The number of methoxy groups -OCH3 is 2. The monoisotopic (exact) mass is 290 g/mol. The number of rotatable bonds is 5. The summed E-state index contributed by atoms with van der Waals surface area (Å²) in [5.41, 5.74) is 3.45.